The molecule has 3 heteroatoms. The minimum absolute atomic E-state index is 0.796. The van der Waals surface area contributed by atoms with Gasteiger partial charge in [-0.15, -0.1) is 0 Å². The molecule has 12 heavy (non-hydrogen) atoms. The summed E-state index contributed by atoms with van der Waals surface area (Å²) in [6, 6.07) is 5.84. The third-order valence-corrected chi connectivity index (χ3v) is 1.94. The van der Waals surface area contributed by atoms with E-state index in [1.54, 1.807) is 6.26 Å². The predicted octanol–water partition coefficient (Wildman–Crippen LogP) is 0.0820. The molecule has 0 unspecified atom stereocenters. The van der Waals surface area contributed by atoms with Crippen LogP contribution in [0, 0.1) is 0 Å². The van der Waals surface area contributed by atoms with Crippen LogP contribution in [0.5, 0.6) is 0 Å². The summed E-state index contributed by atoms with van der Waals surface area (Å²) in [4.78, 5) is 0. The number of hydrogen-bond acceptors (Lipinski definition) is 2. The molecule has 0 aliphatic carbocycles. The van der Waals surface area contributed by atoms with Crippen molar-refractivity contribution < 1.29 is 9.15 Å². The minimum atomic E-state index is 0.796. The van der Waals surface area contributed by atoms with Gasteiger partial charge in [-0.3, -0.25) is 0 Å². The molecule has 2 rings (SSSR count). The maximum Gasteiger partial charge on any atom is 0.367 e. The highest BCUT2D eigenvalue weighted by atomic mass is 16.5. The fraction of sp³-hybridized carbons (Fsp3) is 0.444. The Bertz CT molecular complexity index is 291. The van der Waals surface area contributed by atoms with Crippen LogP contribution < -0.4 is 10.1 Å². The Kier molecular flexibility index (Phi) is 2.23. The number of hydrogen-bond donors (Lipinski definition) is 0. The van der Waals surface area contributed by atoms with Crippen molar-refractivity contribution >= 4 is 0 Å². The monoisotopic (exact) mass is 166 g/mol. The van der Waals surface area contributed by atoms with Crippen LogP contribution in [0.25, 0.3) is 0 Å². The highest BCUT2D eigenvalue weighted by Gasteiger charge is 2.12. The van der Waals surface area contributed by atoms with Crippen LogP contribution in [0.3, 0.4) is 0 Å². The zero-order valence-electron chi connectivity index (χ0n) is 6.90. The first-order valence-corrected chi connectivity index (χ1v) is 4.16. The van der Waals surface area contributed by atoms with Crippen LogP contribution in [0.1, 0.15) is 0 Å². The SMILES string of the molecule is c1ccc(=[N+]2CCOCC2)oc1. The van der Waals surface area contributed by atoms with E-state index in [2.05, 4.69) is 4.58 Å². The molecule has 1 saturated heterocycles. The van der Waals surface area contributed by atoms with Gasteiger partial charge in [-0.05, 0) is 12.1 Å². The highest BCUT2D eigenvalue weighted by molar-refractivity contribution is 4.86. The van der Waals surface area contributed by atoms with Gasteiger partial charge in [-0.1, -0.05) is 0 Å². The number of ether oxygens (including phenoxy) is 1. The summed E-state index contributed by atoms with van der Waals surface area (Å²) in [5.74, 6) is 0. The first kappa shape index (κ1) is 7.55. The molecule has 3 nitrogen and oxygen atoms in total. The molecule has 0 amide bonds. The van der Waals surface area contributed by atoms with Crippen molar-refractivity contribution in [1.82, 2.24) is 4.58 Å². The Morgan fingerprint density at radius 3 is 2.67 bits per heavy atom. The molecule has 64 valence electrons. The summed E-state index contributed by atoms with van der Waals surface area (Å²) in [5.41, 5.74) is 0.931. The van der Waals surface area contributed by atoms with E-state index in [1.807, 2.05) is 18.2 Å². The molecule has 0 radical (unpaired) electrons. The van der Waals surface area contributed by atoms with Gasteiger partial charge < -0.3 is 9.15 Å². The van der Waals surface area contributed by atoms with Crippen LogP contribution in [0.4, 0.5) is 0 Å². The maximum atomic E-state index is 5.34. The molecule has 0 spiro atoms. The van der Waals surface area contributed by atoms with Gasteiger partial charge in [-0.25, -0.2) is 0 Å². The molecule has 0 saturated carbocycles. The van der Waals surface area contributed by atoms with Crippen LogP contribution in [-0.4, -0.2) is 26.3 Å². The predicted molar refractivity (Wildman–Crippen MR) is 44.5 cm³/mol. The molecule has 0 bridgehead atoms. The topological polar surface area (TPSA) is 25.4 Å². The van der Waals surface area contributed by atoms with Crippen molar-refractivity contribution in [3.05, 3.63) is 30.0 Å². The van der Waals surface area contributed by atoms with E-state index in [9.17, 15) is 0 Å². The second kappa shape index (κ2) is 3.54. The van der Waals surface area contributed by atoms with E-state index in [-0.39, 0.29) is 0 Å². The maximum absolute atomic E-state index is 5.34. The largest absolute Gasteiger partial charge is 0.413 e. The molecule has 0 atom stereocenters. The Morgan fingerprint density at radius 1 is 1.17 bits per heavy atom. The van der Waals surface area contributed by atoms with Gasteiger partial charge in [0.15, 0.2) is 13.1 Å². The smallest absolute Gasteiger partial charge is 0.367 e. The van der Waals surface area contributed by atoms with Crippen molar-refractivity contribution in [2.24, 2.45) is 0 Å². The van der Waals surface area contributed by atoms with Gasteiger partial charge in [0.25, 0.3) is 0 Å². The van der Waals surface area contributed by atoms with Crippen molar-refractivity contribution in [1.29, 1.82) is 0 Å². The average Bonchev–Trinajstić information content (AvgIpc) is 2.21. The molecular weight excluding hydrogens is 154 g/mol. The van der Waals surface area contributed by atoms with E-state index in [0.717, 1.165) is 31.9 Å². The van der Waals surface area contributed by atoms with Gasteiger partial charge in [0.2, 0.25) is 0 Å². The normalized spacial score (nSPS) is 17.8. The zero-order valence-corrected chi connectivity index (χ0v) is 6.90. The Balaban J connectivity index is 2.35. The summed E-state index contributed by atoms with van der Waals surface area (Å²) in [5, 5.41) is 0. The van der Waals surface area contributed by atoms with Crippen molar-refractivity contribution in [3.8, 4) is 0 Å². The minimum Gasteiger partial charge on any atom is -0.413 e. The molecule has 0 N–H and O–H groups in total. The lowest BCUT2D eigenvalue weighted by molar-refractivity contribution is 0.0922. The molecular formula is C9H12NO2+. The highest BCUT2D eigenvalue weighted by Crippen LogP contribution is 1.85. The van der Waals surface area contributed by atoms with Gasteiger partial charge in [0.1, 0.15) is 13.2 Å². The Morgan fingerprint density at radius 2 is 2.00 bits per heavy atom. The molecule has 1 fully saturated rings. The van der Waals surface area contributed by atoms with E-state index in [1.165, 1.54) is 0 Å². The molecule has 1 aromatic rings. The molecule has 1 aliphatic heterocycles. The number of rotatable bonds is 0. The van der Waals surface area contributed by atoms with Crippen molar-refractivity contribution in [2.45, 2.75) is 0 Å². The lowest BCUT2D eigenvalue weighted by Crippen LogP contribution is -2.39. The fourth-order valence-electron chi connectivity index (χ4n) is 1.30. The Hall–Kier alpha value is -1.09. The quantitative estimate of drug-likeness (QED) is 0.510. The van der Waals surface area contributed by atoms with Gasteiger partial charge >= 0.3 is 5.55 Å². The number of morpholine rings is 1. The summed E-state index contributed by atoms with van der Waals surface area (Å²) in [6.07, 6.45) is 1.70. The lowest BCUT2D eigenvalue weighted by atomic mass is 10.4. The first-order valence-electron chi connectivity index (χ1n) is 4.16. The summed E-state index contributed by atoms with van der Waals surface area (Å²) >= 11 is 0. The summed E-state index contributed by atoms with van der Waals surface area (Å²) < 4.78 is 12.8. The molecule has 1 aromatic heterocycles. The van der Waals surface area contributed by atoms with E-state index in [4.69, 9.17) is 9.15 Å². The van der Waals surface area contributed by atoms with Crippen LogP contribution in [0.15, 0.2) is 28.9 Å². The van der Waals surface area contributed by atoms with E-state index >= 15 is 0 Å². The summed E-state index contributed by atoms with van der Waals surface area (Å²) in [7, 11) is 0. The lowest BCUT2D eigenvalue weighted by Gasteiger charge is -2.08. The van der Waals surface area contributed by atoms with Crippen molar-refractivity contribution in [3.63, 3.8) is 0 Å². The van der Waals surface area contributed by atoms with E-state index in [0.29, 0.717) is 0 Å². The van der Waals surface area contributed by atoms with Gasteiger partial charge in [0, 0.05) is 0 Å². The average molecular weight is 166 g/mol. The second-order valence-electron chi connectivity index (χ2n) is 2.74. The van der Waals surface area contributed by atoms with Gasteiger partial charge in [0.05, 0.1) is 12.3 Å². The Labute approximate surface area is 70.9 Å². The zero-order chi connectivity index (χ0) is 8.23. The van der Waals surface area contributed by atoms with Crippen LogP contribution in [-0.2, 0) is 4.74 Å². The fourth-order valence-corrected chi connectivity index (χ4v) is 1.30. The van der Waals surface area contributed by atoms with Crippen LogP contribution in [0.2, 0.25) is 0 Å². The summed E-state index contributed by atoms with van der Waals surface area (Å²) in [6.45, 7) is 3.44. The third-order valence-electron chi connectivity index (χ3n) is 1.94. The second-order valence-corrected chi connectivity index (χ2v) is 2.74. The van der Waals surface area contributed by atoms with Crippen LogP contribution >= 0.6 is 0 Å². The number of nitrogens with zero attached hydrogens (tertiary/aromatic N) is 1. The molecule has 1 aliphatic rings. The third kappa shape index (κ3) is 1.56. The molecule has 2 heterocycles. The standard InChI is InChI=1S/C9H12NO2/c1-2-6-12-9(3-1)10-4-7-11-8-5-10/h1-3,6H,4-5,7-8H2/q+1. The van der Waals surface area contributed by atoms with Gasteiger partial charge in [-0.2, -0.15) is 4.58 Å². The first-order chi connectivity index (χ1) is 5.97. The molecule has 0 aromatic carbocycles. The van der Waals surface area contributed by atoms with E-state index < -0.39 is 0 Å². The van der Waals surface area contributed by atoms with Crippen molar-refractivity contribution in [2.75, 3.05) is 26.3 Å².